The molecule has 1 atom stereocenters. The normalized spacial score (nSPS) is 29.4. The van der Waals surface area contributed by atoms with Crippen LogP contribution in [0.15, 0.2) is 28.3 Å². The summed E-state index contributed by atoms with van der Waals surface area (Å²) >= 11 is 0. The Kier molecular flexibility index (Phi) is 1.64. The highest BCUT2D eigenvalue weighted by Crippen LogP contribution is 2.21. The van der Waals surface area contributed by atoms with Crippen LogP contribution in [0.4, 0.5) is 0 Å². The summed E-state index contributed by atoms with van der Waals surface area (Å²) in [5.74, 6) is -0.380. The lowest BCUT2D eigenvalue weighted by molar-refractivity contribution is 0.274. The van der Waals surface area contributed by atoms with Gasteiger partial charge in [-0.15, -0.1) is 0 Å². The lowest BCUT2D eigenvalue weighted by Gasteiger charge is -2.28. The van der Waals surface area contributed by atoms with Crippen molar-refractivity contribution in [3.8, 4) is 0 Å². The van der Waals surface area contributed by atoms with Crippen molar-refractivity contribution < 1.29 is 0 Å². The second-order valence-corrected chi connectivity index (χ2v) is 3.77. The SMILES string of the molecule is c1cnc2c(c1)=NC1(CCCCN1)N=2. The van der Waals surface area contributed by atoms with Crippen molar-refractivity contribution in [1.29, 1.82) is 0 Å². The quantitative estimate of drug-likeness (QED) is 0.611. The largest absolute Gasteiger partial charge is 0.274 e. The summed E-state index contributed by atoms with van der Waals surface area (Å²) in [5.41, 5.74) is 0.780. The highest BCUT2D eigenvalue weighted by Gasteiger charge is 2.32. The topological polar surface area (TPSA) is 49.6 Å². The zero-order valence-electron chi connectivity index (χ0n) is 7.90. The van der Waals surface area contributed by atoms with Gasteiger partial charge in [0.1, 0.15) is 5.36 Å². The lowest BCUT2D eigenvalue weighted by atomic mass is 10.1. The van der Waals surface area contributed by atoms with Crippen molar-refractivity contribution in [1.82, 2.24) is 10.3 Å². The van der Waals surface area contributed by atoms with E-state index < -0.39 is 0 Å². The van der Waals surface area contributed by atoms with Crippen LogP contribution in [0.2, 0.25) is 0 Å². The van der Waals surface area contributed by atoms with Gasteiger partial charge in [0, 0.05) is 12.6 Å². The maximum atomic E-state index is 4.60. The van der Waals surface area contributed by atoms with Crippen LogP contribution in [0.5, 0.6) is 0 Å². The van der Waals surface area contributed by atoms with Crippen LogP contribution < -0.4 is 16.2 Å². The minimum Gasteiger partial charge on any atom is -0.274 e. The number of piperidine rings is 1. The van der Waals surface area contributed by atoms with E-state index in [1.807, 2.05) is 12.1 Å². The third-order valence-corrected chi connectivity index (χ3v) is 2.72. The van der Waals surface area contributed by atoms with Gasteiger partial charge in [-0.2, -0.15) is 0 Å². The van der Waals surface area contributed by atoms with E-state index in [0.29, 0.717) is 0 Å². The molecule has 1 aromatic rings. The predicted octanol–water partition coefficient (Wildman–Crippen LogP) is -0.238. The number of fused-ring (bicyclic) bond motifs is 1. The zero-order valence-corrected chi connectivity index (χ0v) is 7.90. The Bertz CT molecular complexity index is 422. The minimum absolute atomic E-state index is 0.380. The molecule has 2 aliphatic heterocycles. The van der Waals surface area contributed by atoms with Crippen molar-refractivity contribution >= 4 is 0 Å². The van der Waals surface area contributed by atoms with Crippen LogP contribution in [0.1, 0.15) is 19.3 Å². The molecule has 0 amide bonds. The summed E-state index contributed by atoms with van der Waals surface area (Å²) in [6.07, 6.45) is 5.16. The van der Waals surface area contributed by atoms with Crippen LogP contribution in [0.25, 0.3) is 0 Å². The smallest absolute Gasteiger partial charge is 0.207 e. The van der Waals surface area contributed by atoms with Crippen molar-refractivity contribution in [3.05, 3.63) is 29.2 Å². The first kappa shape index (κ1) is 8.05. The average molecular weight is 188 g/mol. The average Bonchev–Trinajstić information content (AvgIpc) is 2.56. The molecule has 14 heavy (non-hydrogen) atoms. The van der Waals surface area contributed by atoms with Crippen molar-refractivity contribution in [3.63, 3.8) is 0 Å². The monoisotopic (exact) mass is 188 g/mol. The second kappa shape index (κ2) is 2.85. The molecule has 1 saturated heterocycles. The predicted molar refractivity (Wildman–Crippen MR) is 51.1 cm³/mol. The number of nitrogens with zero attached hydrogens (tertiary/aromatic N) is 3. The van der Waals surface area contributed by atoms with Gasteiger partial charge in [-0.1, -0.05) is 0 Å². The van der Waals surface area contributed by atoms with Crippen LogP contribution in [0, 0.1) is 0 Å². The molecule has 0 aromatic carbocycles. The Labute approximate surface area is 81.8 Å². The number of pyridine rings is 1. The minimum atomic E-state index is -0.380. The fourth-order valence-corrected chi connectivity index (χ4v) is 2.03. The number of hydrogen-bond donors (Lipinski definition) is 1. The van der Waals surface area contributed by atoms with Crippen LogP contribution >= 0.6 is 0 Å². The Balaban J connectivity index is 2.12. The van der Waals surface area contributed by atoms with Crippen LogP contribution in [0.3, 0.4) is 0 Å². The van der Waals surface area contributed by atoms with E-state index >= 15 is 0 Å². The third kappa shape index (κ3) is 1.14. The molecule has 1 unspecified atom stereocenters. The van der Waals surface area contributed by atoms with Crippen molar-refractivity contribution in [2.45, 2.75) is 25.0 Å². The second-order valence-electron chi connectivity index (χ2n) is 3.77. The number of nitrogens with one attached hydrogen (secondary N) is 1. The van der Waals surface area contributed by atoms with Gasteiger partial charge in [-0.3, -0.25) is 5.32 Å². The molecule has 1 spiro atoms. The molecule has 1 N–H and O–H groups in total. The molecular weight excluding hydrogens is 176 g/mol. The van der Waals surface area contributed by atoms with Crippen LogP contribution in [-0.4, -0.2) is 17.3 Å². The highest BCUT2D eigenvalue weighted by atomic mass is 15.3. The molecule has 0 radical (unpaired) electrons. The van der Waals surface area contributed by atoms with Gasteiger partial charge in [0.05, 0.1) is 0 Å². The standard InChI is InChI=1S/C10H12N4/c1-2-7-12-10(5-1)13-8-4-3-6-11-9(8)14-10/h3-4,6,12H,1-2,5,7H2. The van der Waals surface area contributed by atoms with E-state index in [-0.39, 0.29) is 5.79 Å². The first-order valence-corrected chi connectivity index (χ1v) is 5.04. The van der Waals surface area contributed by atoms with Crippen molar-refractivity contribution in [2.24, 2.45) is 9.98 Å². The Hall–Kier alpha value is -1.29. The maximum Gasteiger partial charge on any atom is 0.207 e. The fourth-order valence-electron chi connectivity index (χ4n) is 2.03. The van der Waals surface area contributed by atoms with Gasteiger partial charge in [0.2, 0.25) is 5.79 Å². The molecule has 4 nitrogen and oxygen atoms in total. The summed E-state index contributed by atoms with van der Waals surface area (Å²) in [4.78, 5) is 13.4. The summed E-state index contributed by atoms with van der Waals surface area (Å²) in [6.45, 7) is 1.00. The van der Waals surface area contributed by atoms with Gasteiger partial charge in [0.25, 0.3) is 0 Å². The number of aromatic nitrogens is 1. The molecule has 3 heterocycles. The van der Waals surface area contributed by atoms with E-state index in [9.17, 15) is 0 Å². The molecule has 0 bridgehead atoms. The summed E-state index contributed by atoms with van der Waals surface area (Å²) in [7, 11) is 0. The molecule has 72 valence electrons. The van der Waals surface area contributed by atoms with Crippen LogP contribution in [-0.2, 0) is 0 Å². The number of rotatable bonds is 0. The van der Waals surface area contributed by atoms with Gasteiger partial charge in [-0.25, -0.2) is 15.0 Å². The third-order valence-electron chi connectivity index (χ3n) is 2.72. The Morgan fingerprint density at radius 2 is 2.29 bits per heavy atom. The van der Waals surface area contributed by atoms with Gasteiger partial charge >= 0.3 is 0 Å². The lowest BCUT2D eigenvalue weighted by Crippen LogP contribution is -2.44. The molecule has 0 aliphatic carbocycles. The Morgan fingerprint density at radius 3 is 3.07 bits per heavy atom. The van der Waals surface area contributed by atoms with Crippen molar-refractivity contribution in [2.75, 3.05) is 6.54 Å². The molecule has 1 aromatic heterocycles. The van der Waals surface area contributed by atoms with Gasteiger partial charge in [-0.05, 0) is 31.5 Å². The maximum absolute atomic E-state index is 4.60. The summed E-state index contributed by atoms with van der Waals surface area (Å²) in [5, 5.41) is 4.29. The Morgan fingerprint density at radius 1 is 1.29 bits per heavy atom. The molecule has 1 fully saturated rings. The highest BCUT2D eigenvalue weighted by molar-refractivity contribution is 5.01. The van der Waals surface area contributed by atoms with Gasteiger partial charge < -0.3 is 0 Å². The first-order chi connectivity index (χ1) is 6.88. The first-order valence-electron chi connectivity index (χ1n) is 5.04. The van der Waals surface area contributed by atoms with E-state index in [1.165, 1.54) is 12.8 Å². The molecule has 0 saturated carbocycles. The summed E-state index contributed by atoms with van der Waals surface area (Å²) in [6, 6.07) is 3.87. The molecule has 3 rings (SSSR count). The fraction of sp³-hybridized carbons (Fsp3) is 0.500. The van der Waals surface area contributed by atoms with E-state index in [1.54, 1.807) is 6.20 Å². The van der Waals surface area contributed by atoms with E-state index in [4.69, 9.17) is 0 Å². The zero-order chi connectivity index (χ0) is 9.43. The molecular formula is C10H12N4. The van der Waals surface area contributed by atoms with Gasteiger partial charge in [0.15, 0.2) is 5.49 Å². The molecule has 2 aliphatic rings. The number of hydrogen-bond acceptors (Lipinski definition) is 4. The van der Waals surface area contributed by atoms with E-state index in [0.717, 1.165) is 23.8 Å². The van der Waals surface area contributed by atoms with E-state index in [2.05, 4.69) is 20.3 Å². The summed E-state index contributed by atoms with van der Waals surface area (Å²) < 4.78 is 0. The molecule has 4 heteroatoms.